The first kappa shape index (κ1) is 18.3. The number of benzene rings is 1. The van der Waals surface area contributed by atoms with E-state index < -0.39 is 11.9 Å². The lowest BCUT2D eigenvalue weighted by Crippen LogP contribution is -2.23. The number of nitrogens with zero attached hydrogens (tertiary/aromatic N) is 2. The van der Waals surface area contributed by atoms with Crippen LogP contribution in [0.1, 0.15) is 36.0 Å². The molecular weight excluding hydrogens is 356 g/mol. The number of carbonyl (C=O) groups is 3. The quantitative estimate of drug-likeness (QED) is 0.764. The van der Waals surface area contributed by atoms with Crippen molar-refractivity contribution >= 4 is 39.4 Å². The summed E-state index contributed by atoms with van der Waals surface area (Å²) in [6.45, 7) is -0.0507. The van der Waals surface area contributed by atoms with Crippen molar-refractivity contribution in [3.05, 3.63) is 28.6 Å². The number of carbonyl (C=O) groups excluding carboxylic acids is 3. The van der Waals surface area contributed by atoms with Crippen molar-refractivity contribution in [3.63, 3.8) is 0 Å². The SMILES string of the molecule is COC(=O)Cn1c(=NC(=O)C2CCCC2)sc2cc(C(=O)OC)ccc21. The molecule has 1 saturated carbocycles. The number of aromatic nitrogens is 1. The third-order valence-electron chi connectivity index (χ3n) is 4.53. The molecule has 0 unspecified atom stereocenters. The fraction of sp³-hybridized carbons (Fsp3) is 0.444. The molecule has 1 aromatic carbocycles. The fourth-order valence-corrected chi connectivity index (χ4v) is 4.18. The van der Waals surface area contributed by atoms with Crippen LogP contribution in [-0.2, 0) is 25.6 Å². The van der Waals surface area contributed by atoms with Gasteiger partial charge in [0.1, 0.15) is 6.54 Å². The van der Waals surface area contributed by atoms with Gasteiger partial charge in [0.15, 0.2) is 4.80 Å². The van der Waals surface area contributed by atoms with Crippen LogP contribution in [0.3, 0.4) is 0 Å². The predicted octanol–water partition coefficient (Wildman–Crippen LogP) is 2.28. The van der Waals surface area contributed by atoms with E-state index in [1.165, 1.54) is 25.6 Å². The van der Waals surface area contributed by atoms with Crippen molar-refractivity contribution in [1.82, 2.24) is 4.57 Å². The molecule has 1 heterocycles. The highest BCUT2D eigenvalue weighted by Crippen LogP contribution is 2.26. The predicted molar refractivity (Wildman–Crippen MR) is 95.7 cm³/mol. The van der Waals surface area contributed by atoms with E-state index in [2.05, 4.69) is 4.99 Å². The minimum atomic E-state index is -0.444. The summed E-state index contributed by atoms with van der Waals surface area (Å²) in [5.41, 5.74) is 1.12. The number of hydrogen-bond donors (Lipinski definition) is 0. The maximum absolute atomic E-state index is 12.5. The fourth-order valence-electron chi connectivity index (χ4n) is 3.11. The molecule has 26 heavy (non-hydrogen) atoms. The van der Waals surface area contributed by atoms with Gasteiger partial charge >= 0.3 is 11.9 Å². The highest BCUT2D eigenvalue weighted by Gasteiger charge is 2.23. The first-order valence-corrected chi connectivity index (χ1v) is 9.22. The molecule has 1 aliphatic rings. The molecule has 1 amide bonds. The number of esters is 2. The number of methoxy groups -OCH3 is 2. The number of thiazole rings is 1. The van der Waals surface area contributed by atoms with Crippen LogP contribution >= 0.6 is 11.3 Å². The Morgan fingerprint density at radius 2 is 1.92 bits per heavy atom. The van der Waals surface area contributed by atoms with Gasteiger partial charge in [-0.15, -0.1) is 0 Å². The van der Waals surface area contributed by atoms with Crippen molar-refractivity contribution < 1.29 is 23.9 Å². The Bertz CT molecular complexity index is 921. The van der Waals surface area contributed by atoms with Crippen molar-refractivity contribution in [2.45, 2.75) is 32.2 Å². The zero-order valence-electron chi connectivity index (χ0n) is 14.7. The summed E-state index contributed by atoms with van der Waals surface area (Å²) in [4.78, 5) is 40.7. The van der Waals surface area contributed by atoms with Gasteiger partial charge in [-0.25, -0.2) is 4.79 Å². The van der Waals surface area contributed by atoms with Crippen molar-refractivity contribution in [3.8, 4) is 0 Å². The largest absolute Gasteiger partial charge is 0.468 e. The minimum Gasteiger partial charge on any atom is -0.468 e. The smallest absolute Gasteiger partial charge is 0.337 e. The van der Waals surface area contributed by atoms with Gasteiger partial charge in [0.05, 0.1) is 30.0 Å². The van der Waals surface area contributed by atoms with Gasteiger partial charge in [-0.3, -0.25) is 9.59 Å². The van der Waals surface area contributed by atoms with E-state index in [1.807, 2.05) is 0 Å². The molecule has 3 rings (SSSR count). The lowest BCUT2D eigenvalue weighted by Gasteiger charge is -2.05. The van der Waals surface area contributed by atoms with Gasteiger partial charge in [-0.2, -0.15) is 4.99 Å². The van der Waals surface area contributed by atoms with Crippen LogP contribution in [0.5, 0.6) is 0 Å². The van der Waals surface area contributed by atoms with Gasteiger partial charge in [-0.1, -0.05) is 24.2 Å². The van der Waals surface area contributed by atoms with Gasteiger partial charge in [0.2, 0.25) is 0 Å². The topological polar surface area (TPSA) is 87.0 Å². The Kier molecular flexibility index (Phi) is 5.51. The molecule has 0 radical (unpaired) electrons. The summed E-state index contributed by atoms with van der Waals surface area (Å²) < 4.78 is 11.9. The standard InChI is InChI=1S/C18H20N2O5S/c1-24-15(21)10-20-13-8-7-12(17(23)25-2)9-14(13)26-18(20)19-16(22)11-5-3-4-6-11/h7-9,11H,3-6,10H2,1-2H3. The van der Waals surface area contributed by atoms with E-state index in [0.717, 1.165) is 30.4 Å². The Morgan fingerprint density at radius 1 is 1.19 bits per heavy atom. The molecule has 0 bridgehead atoms. The molecule has 1 aromatic heterocycles. The van der Waals surface area contributed by atoms with Crippen molar-refractivity contribution in [1.29, 1.82) is 0 Å². The van der Waals surface area contributed by atoms with E-state index in [1.54, 1.807) is 22.8 Å². The van der Waals surface area contributed by atoms with Crippen LogP contribution in [0.15, 0.2) is 23.2 Å². The van der Waals surface area contributed by atoms with E-state index in [-0.39, 0.29) is 18.4 Å². The van der Waals surface area contributed by atoms with E-state index >= 15 is 0 Å². The summed E-state index contributed by atoms with van der Waals surface area (Å²) in [6, 6.07) is 5.02. The molecule has 1 aliphatic carbocycles. The minimum absolute atomic E-state index is 0.0441. The molecule has 138 valence electrons. The molecule has 0 N–H and O–H groups in total. The Balaban J connectivity index is 2.09. The maximum Gasteiger partial charge on any atom is 0.337 e. The monoisotopic (exact) mass is 376 g/mol. The second kappa shape index (κ2) is 7.82. The lowest BCUT2D eigenvalue weighted by atomic mass is 10.1. The van der Waals surface area contributed by atoms with Crippen LogP contribution in [0, 0.1) is 5.92 Å². The molecule has 2 aromatic rings. The summed E-state index contributed by atoms with van der Waals surface area (Å²) >= 11 is 1.27. The summed E-state index contributed by atoms with van der Waals surface area (Å²) in [6.07, 6.45) is 3.80. The molecule has 7 nitrogen and oxygen atoms in total. The van der Waals surface area contributed by atoms with Crippen LogP contribution < -0.4 is 4.80 Å². The van der Waals surface area contributed by atoms with Gasteiger partial charge in [-0.05, 0) is 31.0 Å². The molecular formula is C18H20N2O5S. The van der Waals surface area contributed by atoms with E-state index in [9.17, 15) is 14.4 Å². The molecule has 0 aliphatic heterocycles. The second-order valence-electron chi connectivity index (χ2n) is 6.15. The highest BCUT2D eigenvalue weighted by atomic mass is 32.1. The van der Waals surface area contributed by atoms with Gasteiger partial charge < -0.3 is 14.0 Å². The molecule has 0 spiro atoms. The van der Waals surface area contributed by atoms with Crippen molar-refractivity contribution in [2.75, 3.05) is 14.2 Å². The molecule has 8 heteroatoms. The van der Waals surface area contributed by atoms with Crippen LogP contribution in [-0.4, -0.2) is 36.6 Å². The first-order chi connectivity index (χ1) is 12.5. The van der Waals surface area contributed by atoms with Crippen LogP contribution in [0.4, 0.5) is 0 Å². The number of hydrogen-bond acceptors (Lipinski definition) is 6. The van der Waals surface area contributed by atoms with E-state index in [4.69, 9.17) is 9.47 Å². The lowest BCUT2D eigenvalue weighted by molar-refractivity contribution is -0.141. The number of rotatable bonds is 4. The number of amides is 1. The summed E-state index contributed by atoms with van der Waals surface area (Å²) in [7, 11) is 2.63. The maximum atomic E-state index is 12.5. The van der Waals surface area contributed by atoms with Gasteiger partial charge in [0.25, 0.3) is 5.91 Å². The summed E-state index contributed by atoms with van der Waals surface area (Å²) in [5, 5.41) is 0. The zero-order valence-corrected chi connectivity index (χ0v) is 15.5. The molecule has 0 saturated heterocycles. The molecule has 1 fully saturated rings. The van der Waals surface area contributed by atoms with Crippen molar-refractivity contribution in [2.24, 2.45) is 10.9 Å². The third-order valence-corrected chi connectivity index (χ3v) is 5.57. The third kappa shape index (κ3) is 3.70. The second-order valence-corrected chi connectivity index (χ2v) is 7.16. The average molecular weight is 376 g/mol. The highest BCUT2D eigenvalue weighted by molar-refractivity contribution is 7.16. The Morgan fingerprint density at radius 3 is 2.58 bits per heavy atom. The normalized spacial score (nSPS) is 15.4. The Labute approximate surface area is 154 Å². The number of ether oxygens (including phenoxy) is 2. The van der Waals surface area contributed by atoms with E-state index in [0.29, 0.717) is 15.9 Å². The number of fused-ring (bicyclic) bond motifs is 1. The summed E-state index contributed by atoms with van der Waals surface area (Å²) in [5.74, 6) is -1.07. The first-order valence-electron chi connectivity index (χ1n) is 8.40. The average Bonchev–Trinajstić information content (AvgIpc) is 3.29. The van der Waals surface area contributed by atoms with Crippen LogP contribution in [0.2, 0.25) is 0 Å². The van der Waals surface area contributed by atoms with Crippen LogP contribution in [0.25, 0.3) is 10.2 Å². The Hall–Kier alpha value is -2.48. The zero-order chi connectivity index (χ0) is 18.7. The van der Waals surface area contributed by atoms with Gasteiger partial charge in [0, 0.05) is 5.92 Å². The molecule has 0 atom stereocenters.